The van der Waals surface area contributed by atoms with Gasteiger partial charge < -0.3 is 14.6 Å². The monoisotopic (exact) mass is 345 g/mol. The van der Waals surface area contributed by atoms with Gasteiger partial charge in [0.25, 0.3) is 11.8 Å². The Kier molecular flexibility index (Phi) is 4.42. The van der Waals surface area contributed by atoms with Crippen molar-refractivity contribution >= 4 is 11.6 Å². The predicted octanol–water partition coefficient (Wildman–Crippen LogP) is 3.58. The summed E-state index contributed by atoms with van der Waals surface area (Å²) >= 11 is 0. The van der Waals surface area contributed by atoms with E-state index in [1.54, 1.807) is 31.2 Å². The van der Waals surface area contributed by atoms with Gasteiger partial charge >= 0.3 is 0 Å². The largest absolute Gasteiger partial charge is 0.491 e. The van der Waals surface area contributed by atoms with Crippen molar-refractivity contribution in [1.29, 1.82) is 0 Å². The molecule has 6 nitrogen and oxygen atoms in total. The van der Waals surface area contributed by atoms with Crippen molar-refractivity contribution in [3.63, 3.8) is 0 Å². The lowest BCUT2D eigenvalue weighted by Crippen LogP contribution is -2.12. The molecular formula is C17H13F2N3O3. The van der Waals surface area contributed by atoms with Gasteiger partial charge in [0.2, 0.25) is 0 Å². The molecule has 2 aromatic carbocycles. The van der Waals surface area contributed by atoms with Crippen LogP contribution in [0.4, 0.5) is 14.5 Å². The summed E-state index contributed by atoms with van der Waals surface area (Å²) in [6.45, 7) is 1.70. The number of nitrogens with one attached hydrogen (secondary N) is 1. The number of aryl methyl sites for hydroxylation is 1. The standard InChI is InChI=1S/C17H13F2N3O3/c1-9-20-17(25-22-9)11-5-3-10(4-6-11)16(23)21-12-7-13(18)15(24-2)14(19)8-12/h3-8H,1-2H3,(H,21,23). The maximum absolute atomic E-state index is 13.7. The Hall–Kier alpha value is -3.29. The molecule has 1 amide bonds. The predicted molar refractivity (Wildman–Crippen MR) is 85.3 cm³/mol. The molecular weight excluding hydrogens is 332 g/mol. The zero-order valence-corrected chi connectivity index (χ0v) is 13.3. The number of anilines is 1. The van der Waals surface area contributed by atoms with Gasteiger partial charge in [-0.15, -0.1) is 0 Å². The molecule has 8 heteroatoms. The van der Waals surface area contributed by atoms with Crippen molar-refractivity contribution in [2.75, 3.05) is 12.4 Å². The minimum atomic E-state index is -0.903. The minimum absolute atomic E-state index is 0.0163. The quantitative estimate of drug-likeness (QED) is 0.782. The maximum atomic E-state index is 13.7. The van der Waals surface area contributed by atoms with E-state index in [0.29, 0.717) is 22.8 Å². The fourth-order valence-corrected chi connectivity index (χ4v) is 2.21. The number of nitrogens with zero attached hydrogens (tertiary/aromatic N) is 2. The van der Waals surface area contributed by atoms with Crippen molar-refractivity contribution in [1.82, 2.24) is 10.1 Å². The molecule has 0 bridgehead atoms. The van der Waals surface area contributed by atoms with E-state index in [1.165, 1.54) is 0 Å². The van der Waals surface area contributed by atoms with Crippen LogP contribution >= 0.6 is 0 Å². The van der Waals surface area contributed by atoms with E-state index in [-0.39, 0.29) is 5.69 Å². The third-order valence-corrected chi connectivity index (χ3v) is 3.38. The molecule has 1 aromatic heterocycles. The third kappa shape index (κ3) is 3.47. The summed E-state index contributed by atoms with van der Waals surface area (Å²) in [5.74, 6) is -1.99. The number of hydrogen-bond donors (Lipinski definition) is 1. The summed E-state index contributed by atoms with van der Waals surface area (Å²) in [6.07, 6.45) is 0. The molecule has 0 fully saturated rings. The van der Waals surface area contributed by atoms with Crippen LogP contribution in [-0.4, -0.2) is 23.2 Å². The second kappa shape index (κ2) is 6.68. The van der Waals surface area contributed by atoms with Gasteiger partial charge in [-0.2, -0.15) is 4.98 Å². The van der Waals surface area contributed by atoms with E-state index in [0.717, 1.165) is 19.2 Å². The van der Waals surface area contributed by atoms with Gasteiger partial charge in [-0.3, -0.25) is 4.79 Å². The van der Waals surface area contributed by atoms with Crippen LogP contribution in [0.1, 0.15) is 16.2 Å². The third-order valence-electron chi connectivity index (χ3n) is 3.38. The lowest BCUT2D eigenvalue weighted by atomic mass is 10.1. The number of hydrogen-bond acceptors (Lipinski definition) is 5. The van der Waals surface area contributed by atoms with E-state index in [1.807, 2.05) is 0 Å². The van der Waals surface area contributed by atoms with Gasteiger partial charge in [0.1, 0.15) is 0 Å². The molecule has 3 rings (SSSR count). The Morgan fingerprint density at radius 3 is 2.32 bits per heavy atom. The molecule has 1 N–H and O–H groups in total. The number of amides is 1. The minimum Gasteiger partial charge on any atom is -0.491 e. The Morgan fingerprint density at radius 1 is 1.16 bits per heavy atom. The molecule has 0 saturated carbocycles. The summed E-state index contributed by atoms with van der Waals surface area (Å²) in [7, 11) is 1.16. The van der Waals surface area contributed by atoms with Crippen LogP contribution in [0.5, 0.6) is 5.75 Å². The van der Waals surface area contributed by atoms with Gasteiger partial charge in [-0.1, -0.05) is 5.16 Å². The lowest BCUT2D eigenvalue weighted by molar-refractivity contribution is 0.102. The molecule has 0 unspecified atom stereocenters. The average molecular weight is 345 g/mol. The first-order valence-corrected chi connectivity index (χ1v) is 7.23. The number of benzene rings is 2. The molecule has 0 aliphatic rings. The van der Waals surface area contributed by atoms with Crippen molar-refractivity contribution in [2.24, 2.45) is 0 Å². The Labute approximate surface area is 141 Å². The summed E-state index contributed by atoms with van der Waals surface area (Å²) in [4.78, 5) is 16.3. The fourth-order valence-electron chi connectivity index (χ4n) is 2.21. The molecule has 0 aliphatic heterocycles. The molecule has 25 heavy (non-hydrogen) atoms. The van der Waals surface area contributed by atoms with Crippen molar-refractivity contribution < 1.29 is 22.8 Å². The van der Waals surface area contributed by atoms with Gasteiger partial charge in [-0.25, -0.2) is 8.78 Å². The van der Waals surface area contributed by atoms with E-state index in [2.05, 4.69) is 20.2 Å². The van der Waals surface area contributed by atoms with E-state index in [9.17, 15) is 13.6 Å². The number of ether oxygens (including phenoxy) is 1. The number of rotatable bonds is 4. The first kappa shape index (κ1) is 16.6. The SMILES string of the molecule is COc1c(F)cc(NC(=O)c2ccc(-c3nc(C)no3)cc2)cc1F. The van der Waals surface area contributed by atoms with Gasteiger partial charge in [0.15, 0.2) is 23.2 Å². The van der Waals surface area contributed by atoms with Crippen molar-refractivity contribution in [3.05, 3.63) is 59.4 Å². The topological polar surface area (TPSA) is 77.2 Å². The van der Waals surface area contributed by atoms with Crippen LogP contribution in [0, 0.1) is 18.6 Å². The number of halogens is 2. The van der Waals surface area contributed by atoms with E-state index >= 15 is 0 Å². The van der Waals surface area contributed by atoms with Crippen LogP contribution < -0.4 is 10.1 Å². The van der Waals surface area contributed by atoms with Gasteiger partial charge in [0, 0.05) is 28.9 Å². The maximum Gasteiger partial charge on any atom is 0.257 e. The van der Waals surface area contributed by atoms with Crippen LogP contribution in [0.25, 0.3) is 11.5 Å². The summed E-state index contributed by atoms with van der Waals surface area (Å²) in [5.41, 5.74) is 0.938. The smallest absolute Gasteiger partial charge is 0.257 e. The first-order valence-electron chi connectivity index (χ1n) is 7.23. The number of carbonyl (C=O) groups is 1. The first-order chi connectivity index (χ1) is 12.0. The zero-order valence-electron chi connectivity index (χ0n) is 13.3. The molecule has 0 radical (unpaired) electrons. The molecule has 0 atom stereocenters. The molecule has 0 spiro atoms. The van der Waals surface area contributed by atoms with E-state index < -0.39 is 23.3 Å². The second-order valence-electron chi connectivity index (χ2n) is 5.15. The highest BCUT2D eigenvalue weighted by molar-refractivity contribution is 6.04. The van der Waals surface area contributed by atoms with Crippen LogP contribution in [0.15, 0.2) is 40.9 Å². The highest BCUT2D eigenvalue weighted by Gasteiger charge is 2.14. The molecule has 0 aliphatic carbocycles. The van der Waals surface area contributed by atoms with Crippen LogP contribution in [0.2, 0.25) is 0 Å². The van der Waals surface area contributed by atoms with Crippen LogP contribution in [0.3, 0.4) is 0 Å². The van der Waals surface area contributed by atoms with E-state index in [4.69, 9.17) is 4.52 Å². The Morgan fingerprint density at radius 2 is 1.80 bits per heavy atom. The number of aromatic nitrogens is 2. The zero-order chi connectivity index (χ0) is 18.0. The van der Waals surface area contributed by atoms with Crippen molar-refractivity contribution in [3.8, 4) is 17.2 Å². The lowest BCUT2D eigenvalue weighted by Gasteiger charge is -2.09. The number of carbonyl (C=O) groups excluding carboxylic acids is 1. The normalized spacial score (nSPS) is 10.6. The van der Waals surface area contributed by atoms with Crippen molar-refractivity contribution in [2.45, 2.75) is 6.92 Å². The summed E-state index contributed by atoms with van der Waals surface area (Å²) in [6, 6.07) is 8.32. The van der Waals surface area contributed by atoms with Crippen LogP contribution in [-0.2, 0) is 0 Å². The van der Waals surface area contributed by atoms with Gasteiger partial charge in [-0.05, 0) is 31.2 Å². The molecule has 128 valence electrons. The second-order valence-corrected chi connectivity index (χ2v) is 5.15. The fraction of sp³-hybridized carbons (Fsp3) is 0.118. The molecule has 1 heterocycles. The molecule has 3 aromatic rings. The Balaban J connectivity index is 1.77. The highest BCUT2D eigenvalue weighted by Crippen LogP contribution is 2.26. The highest BCUT2D eigenvalue weighted by atomic mass is 19.1. The molecule has 0 saturated heterocycles. The average Bonchev–Trinajstić information content (AvgIpc) is 3.01. The summed E-state index contributed by atoms with van der Waals surface area (Å²) < 4.78 is 37.0. The number of methoxy groups -OCH3 is 1. The summed E-state index contributed by atoms with van der Waals surface area (Å²) in [5, 5.41) is 6.12. The van der Waals surface area contributed by atoms with Gasteiger partial charge in [0.05, 0.1) is 7.11 Å². The Bertz CT molecular complexity index is 900.